The van der Waals surface area contributed by atoms with E-state index in [2.05, 4.69) is 4.90 Å². The summed E-state index contributed by atoms with van der Waals surface area (Å²) in [5, 5.41) is 0. The average Bonchev–Trinajstić information content (AvgIpc) is 2.65. The third-order valence-electron chi connectivity index (χ3n) is 4.57. The zero-order chi connectivity index (χ0) is 11.8. The maximum absolute atomic E-state index is 12.5. The third-order valence-corrected chi connectivity index (χ3v) is 4.57. The van der Waals surface area contributed by atoms with E-state index < -0.39 is 0 Å². The van der Waals surface area contributed by atoms with Gasteiger partial charge in [0.15, 0.2) is 0 Å². The van der Waals surface area contributed by atoms with Crippen molar-refractivity contribution in [2.45, 2.75) is 44.2 Å². The summed E-state index contributed by atoms with van der Waals surface area (Å²) in [6.07, 6.45) is 5.10. The minimum atomic E-state index is 0.208. The normalized spacial score (nSPS) is 38.4. The van der Waals surface area contributed by atoms with Gasteiger partial charge in [0, 0.05) is 37.8 Å². The van der Waals surface area contributed by atoms with E-state index in [1.807, 2.05) is 0 Å². The van der Waals surface area contributed by atoms with Crippen LogP contribution in [0.1, 0.15) is 32.1 Å². The molecule has 3 unspecified atom stereocenters. The summed E-state index contributed by atoms with van der Waals surface area (Å²) >= 11 is 0. The van der Waals surface area contributed by atoms with Crippen LogP contribution in [-0.2, 0) is 9.53 Å². The second-order valence-corrected chi connectivity index (χ2v) is 5.86. The topological polar surface area (TPSA) is 55.6 Å². The van der Waals surface area contributed by atoms with Crippen LogP contribution < -0.4 is 5.73 Å². The lowest BCUT2D eigenvalue weighted by Crippen LogP contribution is -2.42. The number of fused-ring (bicyclic) bond motifs is 2. The Morgan fingerprint density at radius 2 is 1.94 bits per heavy atom. The SMILES string of the molecule is NC1CC2CC(C1)N(C(=O)C1CCOCC1)C2. The zero-order valence-electron chi connectivity index (χ0n) is 10.3. The lowest BCUT2D eigenvalue weighted by molar-refractivity contribution is -0.139. The first-order valence-electron chi connectivity index (χ1n) is 6.88. The van der Waals surface area contributed by atoms with Crippen molar-refractivity contribution in [3.8, 4) is 0 Å². The standard InChI is InChI=1S/C13H22N2O2/c14-11-5-9-6-12(7-11)15(8-9)13(16)10-1-3-17-4-2-10/h9-12H,1-8,14H2. The fraction of sp³-hybridized carbons (Fsp3) is 0.923. The largest absolute Gasteiger partial charge is 0.381 e. The molecule has 0 aromatic rings. The number of hydrogen-bond donors (Lipinski definition) is 1. The van der Waals surface area contributed by atoms with Gasteiger partial charge in [-0.1, -0.05) is 0 Å². The number of nitrogens with zero attached hydrogens (tertiary/aromatic N) is 1. The van der Waals surface area contributed by atoms with E-state index in [0.717, 1.165) is 45.4 Å². The van der Waals surface area contributed by atoms with Gasteiger partial charge < -0.3 is 15.4 Å². The number of likely N-dealkylation sites (tertiary alicyclic amines) is 1. The molecule has 0 spiro atoms. The molecule has 2 saturated heterocycles. The Labute approximate surface area is 102 Å². The predicted octanol–water partition coefficient (Wildman–Crippen LogP) is 0.751. The van der Waals surface area contributed by atoms with Crippen LogP contribution in [0.15, 0.2) is 0 Å². The van der Waals surface area contributed by atoms with Crippen molar-refractivity contribution in [2.24, 2.45) is 17.6 Å². The molecule has 1 aliphatic carbocycles. The third kappa shape index (κ3) is 2.20. The Hall–Kier alpha value is -0.610. The van der Waals surface area contributed by atoms with Crippen LogP contribution in [0.3, 0.4) is 0 Å². The zero-order valence-corrected chi connectivity index (χ0v) is 10.3. The van der Waals surface area contributed by atoms with Crippen molar-refractivity contribution >= 4 is 5.91 Å². The molecular formula is C13H22N2O2. The maximum atomic E-state index is 12.5. The van der Waals surface area contributed by atoms with E-state index in [-0.39, 0.29) is 5.92 Å². The molecule has 0 aromatic carbocycles. The van der Waals surface area contributed by atoms with Gasteiger partial charge in [0.1, 0.15) is 0 Å². The first-order chi connectivity index (χ1) is 8.24. The highest BCUT2D eigenvalue weighted by Crippen LogP contribution is 2.36. The summed E-state index contributed by atoms with van der Waals surface area (Å²) < 4.78 is 5.33. The highest BCUT2D eigenvalue weighted by molar-refractivity contribution is 5.79. The molecule has 3 atom stereocenters. The minimum absolute atomic E-state index is 0.208. The van der Waals surface area contributed by atoms with Crippen molar-refractivity contribution < 1.29 is 9.53 Å². The smallest absolute Gasteiger partial charge is 0.226 e. The lowest BCUT2D eigenvalue weighted by atomic mass is 9.87. The van der Waals surface area contributed by atoms with E-state index in [4.69, 9.17) is 10.5 Å². The van der Waals surface area contributed by atoms with Crippen LogP contribution in [0.4, 0.5) is 0 Å². The lowest BCUT2D eigenvalue weighted by Gasteiger charge is -2.31. The van der Waals surface area contributed by atoms with Gasteiger partial charge >= 0.3 is 0 Å². The van der Waals surface area contributed by atoms with Gasteiger partial charge in [-0.25, -0.2) is 0 Å². The molecular weight excluding hydrogens is 216 g/mol. The molecule has 1 saturated carbocycles. The van der Waals surface area contributed by atoms with Gasteiger partial charge in [0.2, 0.25) is 5.91 Å². The molecule has 4 heteroatoms. The quantitative estimate of drug-likeness (QED) is 0.733. The molecule has 3 rings (SSSR count). The summed E-state index contributed by atoms with van der Waals surface area (Å²) in [6.45, 7) is 2.45. The molecule has 0 radical (unpaired) electrons. The summed E-state index contributed by atoms with van der Waals surface area (Å²) in [6, 6.07) is 0.741. The van der Waals surface area contributed by atoms with Crippen LogP contribution in [0.25, 0.3) is 0 Å². The number of amides is 1. The number of ether oxygens (including phenoxy) is 1. The van der Waals surface area contributed by atoms with Crippen LogP contribution in [0, 0.1) is 11.8 Å². The van der Waals surface area contributed by atoms with Crippen molar-refractivity contribution in [1.29, 1.82) is 0 Å². The number of nitrogens with two attached hydrogens (primary N) is 1. The van der Waals surface area contributed by atoms with Crippen molar-refractivity contribution in [3.63, 3.8) is 0 Å². The summed E-state index contributed by atoms with van der Waals surface area (Å²) in [4.78, 5) is 14.6. The molecule has 2 N–H and O–H groups in total. The fourth-order valence-corrected chi connectivity index (χ4v) is 3.73. The van der Waals surface area contributed by atoms with Gasteiger partial charge in [-0.05, 0) is 38.0 Å². The van der Waals surface area contributed by atoms with Crippen LogP contribution in [0.5, 0.6) is 0 Å². The van der Waals surface area contributed by atoms with Crippen molar-refractivity contribution in [2.75, 3.05) is 19.8 Å². The molecule has 2 bridgehead atoms. The highest BCUT2D eigenvalue weighted by Gasteiger charge is 2.42. The van der Waals surface area contributed by atoms with E-state index in [9.17, 15) is 4.79 Å². The average molecular weight is 238 g/mol. The molecule has 17 heavy (non-hydrogen) atoms. The second kappa shape index (κ2) is 4.58. The van der Waals surface area contributed by atoms with Gasteiger partial charge in [-0.2, -0.15) is 0 Å². The van der Waals surface area contributed by atoms with Crippen LogP contribution >= 0.6 is 0 Å². The molecule has 96 valence electrons. The van der Waals surface area contributed by atoms with E-state index in [1.54, 1.807) is 0 Å². The summed E-state index contributed by atoms with van der Waals surface area (Å²) in [5.74, 6) is 1.24. The molecule has 3 aliphatic rings. The molecule has 4 nitrogen and oxygen atoms in total. The van der Waals surface area contributed by atoms with E-state index in [1.165, 1.54) is 6.42 Å². The Kier molecular flexibility index (Phi) is 3.09. The number of hydrogen-bond acceptors (Lipinski definition) is 3. The second-order valence-electron chi connectivity index (χ2n) is 5.86. The van der Waals surface area contributed by atoms with E-state index >= 15 is 0 Å². The minimum Gasteiger partial charge on any atom is -0.381 e. The fourth-order valence-electron chi connectivity index (χ4n) is 3.73. The molecule has 2 aliphatic heterocycles. The van der Waals surface area contributed by atoms with Gasteiger partial charge in [-0.15, -0.1) is 0 Å². The molecule has 3 fully saturated rings. The summed E-state index contributed by atoms with van der Waals surface area (Å²) in [7, 11) is 0. The Morgan fingerprint density at radius 3 is 2.71 bits per heavy atom. The Balaban J connectivity index is 1.66. The Bertz CT molecular complexity index is 302. The van der Waals surface area contributed by atoms with Crippen LogP contribution in [0.2, 0.25) is 0 Å². The Morgan fingerprint density at radius 1 is 1.18 bits per heavy atom. The van der Waals surface area contributed by atoms with Gasteiger partial charge in [-0.3, -0.25) is 4.79 Å². The first-order valence-corrected chi connectivity index (χ1v) is 6.88. The maximum Gasteiger partial charge on any atom is 0.226 e. The van der Waals surface area contributed by atoms with Crippen LogP contribution in [-0.4, -0.2) is 42.6 Å². The van der Waals surface area contributed by atoms with E-state index in [0.29, 0.717) is 23.9 Å². The number of carbonyl (C=O) groups is 1. The highest BCUT2D eigenvalue weighted by atomic mass is 16.5. The number of rotatable bonds is 1. The monoisotopic (exact) mass is 238 g/mol. The van der Waals surface area contributed by atoms with Crippen molar-refractivity contribution in [3.05, 3.63) is 0 Å². The molecule has 0 aromatic heterocycles. The molecule has 2 heterocycles. The van der Waals surface area contributed by atoms with Gasteiger partial charge in [0.25, 0.3) is 0 Å². The predicted molar refractivity (Wildman–Crippen MR) is 64.4 cm³/mol. The summed E-state index contributed by atoms with van der Waals surface area (Å²) in [5.41, 5.74) is 6.04. The van der Waals surface area contributed by atoms with Crippen molar-refractivity contribution in [1.82, 2.24) is 4.90 Å². The van der Waals surface area contributed by atoms with Gasteiger partial charge in [0.05, 0.1) is 0 Å². The first kappa shape index (κ1) is 11.5. The number of carbonyl (C=O) groups excluding carboxylic acids is 1. The molecule has 1 amide bonds.